The number of ether oxygens (including phenoxy) is 2. The predicted octanol–water partition coefficient (Wildman–Crippen LogP) is 4.36. The molecule has 0 aliphatic heterocycles. The van der Waals surface area contributed by atoms with Crippen LogP contribution in [0.15, 0.2) is 48.5 Å². The SMILES string of the molecule is Cc1ccc(OCCCC(=O)Nc2ccc(C(=O)OC(C)C)cc2)cc1. The van der Waals surface area contributed by atoms with Crippen LogP contribution in [0.25, 0.3) is 0 Å². The van der Waals surface area contributed by atoms with E-state index in [1.807, 2.05) is 31.2 Å². The van der Waals surface area contributed by atoms with Crippen molar-refractivity contribution in [2.24, 2.45) is 0 Å². The number of carbonyl (C=O) groups is 2. The molecule has 26 heavy (non-hydrogen) atoms. The molecule has 0 saturated carbocycles. The molecule has 0 fully saturated rings. The van der Waals surface area contributed by atoms with Gasteiger partial charge in [0.1, 0.15) is 5.75 Å². The molecule has 0 heterocycles. The average Bonchev–Trinajstić information content (AvgIpc) is 2.60. The number of hydrogen-bond donors (Lipinski definition) is 1. The highest BCUT2D eigenvalue weighted by Gasteiger charge is 2.09. The third-order valence-corrected chi connectivity index (χ3v) is 3.58. The van der Waals surface area contributed by atoms with E-state index in [0.29, 0.717) is 30.7 Å². The zero-order chi connectivity index (χ0) is 18.9. The molecule has 138 valence electrons. The zero-order valence-electron chi connectivity index (χ0n) is 15.5. The molecule has 0 aliphatic rings. The van der Waals surface area contributed by atoms with E-state index in [1.54, 1.807) is 38.1 Å². The van der Waals surface area contributed by atoms with E-state index in [2.05, 4.69) is 5.32 Å². The fourth-order valence-electron chi connectivity index (χ4n) is 2.25. The second kappa shape index (κ2) is 9.61. The number of anilines is 1. The van der Waals surface area contributed by atoms with Gasteiger partial charge in [-0.2, -0.15) is 0 Å². The van der Waals surface area contributed by atoms with Crippen LogP contribution in [0, 0.1) is 6.92 Å². The van der Waals surface area contributed by atoms with E-state index in [9.17, 15) is 9.59 Å². The van der Waals surface area contributed by atoms with Crippen molar-refractivity contribution >= 4 is 17.6 Å². The number of hydrogen-bond acceptors (Lipinski definition) is 4. The summed E-state index contributed by atoms with van der Waals surface area (Å²) in [5.41, 5.74) is 2.29. The summed E-state index contributed by atoms with van der Waals surface area (Å²) in [5, 5.41) is 2.81. The predicted molar refractivity (Wildman–Crippen MR) is 102 cm³/mol. The summed E-state index contributed by atoms with van der Waals surface area (Å²) in [6, 6.07) is 14.5. The Morgan fingerprint density at radius 2 is 1.65 bits per heavy atom. The van der Waals surface area contributed by atoms with E-state index >= 15 is 0 Å². The first-order valence-electron chi connectivity index (χ1n) is 8.74. The fraction of sp³-hybridized carbons (Fsp3) is 0.333. The summed E-state index contributed by atoms with van der Waals surface area (Å²) in [5.74, 6) is 0.348. The molecule has 0 saturated heterocycles. The summed E-state index contributed by atoms with van der Waals surface area (Å²) >= 11 is 0. The molecule has 5 nitrogen and oxygen atoms in total. The largest absolute Gasteiger partial charge is 0.494 e. The molecule has 0 atom stereocenters. The van der Waals surface area contributed by atoms with Crippen molar-refractivity contribution in [2.45, 2.75) is 39.7 Å². The van der Waals surface area contributed by atoms with Gasteiger partial charge in [0.15, 0.2) is 0 Å². The van der Waals surface area contributed by atoms with E-state index in [4.69, 9.17) is 9.47 Å². The summed E-state index contributed by atoms with van der Waals surface area (Å²) < 4.78 is 10.7. The molecule has 0 bridgehead atoms. The molecule has 1 N–H and O–H groups in total. The van der Waals surface area contributed by atoms with Gasteiger partial charge in [0.25, 0.3) is 0 Å². The molecule has 0 aromatic heterocycles. The summed E-state index contributed by atoms with van der Waals surface area (Å²) in [6.07, 6.45) is 0.825. The number of amides is 1. The maximum atomic E-state index is 12.0. The van der Waals surface area contributed by atoms with Gasteiger partial charge in [-0.3, -0.25) is 4.79 Å². The minimum atomic E-state index is -0.369. The summed E-state index contributed by atoms with van der Waals surface area (Å²) in [4.78, 5) is 23.7. The van der Waals surface area contributed by atoms with Gasteiger partial charge < -0.3 is 14.8 Å². The smallest absolute Gasteiger partial charge is 0.338 e. The van der Waals surface area contributed by atoms with Crippen molar-refractivity contribution in [1.82, 2.24) is 0 Å². The van der Waals surface area contributed by atoms with Gasteiger partial charge in [0.05, 0.1) is 18.3 Å². The summed E-state index contributed by atoms with van der Waals surface area (Å²) in [7, 11) is 0. The second-order valence-corrected chi connectivity index (χ2v) is 6.34. The topological polar surface area (TPSA) is 64.6 Å². The lowest BCUT2D eigenvalue weighted by Gasteiger charge is -2.09. The highest BCUT2D eigenvalue weighted by molar-refractivity contribution is 5.93. The van der Waals surface area contributed by atoms with Crippen LogP contribution < -0.4 is 10.1 Å². The van der Waals surface area contributed by atoms with Gasteiger partial charge in [0, 0.05) is 12.1 Å². The molecular formula is C21H25NO4. The third-order valence-electron chi connectivity index (χ3n) is 3.58. The highest BCUT2D eigenvalue weighted by Crippen LogP contribution is 2.13. The Kier molecular flexibility index (Phi) is 7.21. The monoisotopic (exact) mass is 355 g/mol. The molecular weight excluding hydrogens is 330 g/mol. The molecule has 1 amide bonds. The van der Waals surface area contributed by atoms with Crippen LogP contribution in [-0.2, 0) is 9.53 Å². The van der Waals surface area contributed by atoms with Crippen LogP contribution >= 0.6 is 0 Å². The lowest BCUT2D eigenvalue weighted by Crippen LogP contribution is -2.14. The third kappa shape index (κ3) is 6.59. The summed E-state index contributed by atoms with van der Waals surface area (Å²) in [6.45, 7) is 6.11. The molecule has 2 aromatic carbocycles. The van der Waals surface area contributed by atoms with Gasteiger partial charge in [-0.25, -0.2) is 4.79 Å². The maximum Gasteiger partial charge on any atom is 0.338 e. The van der Waals surface area contributed by atoms with E-state index in [0.717, 1.165) is 5.75 Å². The van der Waals surface area contributed by atoms with Gasteiger partial charge >= 0.3 is 5.97 Å². The first-order chi connectivity index (χ1) is 12.4. The Balaban J connectivity index is 1.72. The van der Waals surface area contributed by atoms with Crippen molar-refractivity contribution in [3.8, 4) is 5.75 Å². The van der Waals surface area contributed by atoms with Gasteiger partial charge in [0.2, 0.25) is 5.91 Å². The number of aryl methyl sites for hydroxylation is 1. The molecule has 0 spiro atoms. The molecule has 2 rings (SSSR count). The quantitative estimate of drug-likeness (QED) is 0.564. The fourth-order valence-corrected chi connectivity index (χ4v) is 2.25. The number of nitrogens with one attached hydrogen (secondary N) is 1. The van der Waals surface area contributed by atoms with Crippen LogP contribution in [0.2, 0.25) is 0 Å². The lowest BCUT2D eigenvalue weighted by atomic mass is 10.2. The van der Waals surface area contributed by atoms with Crippen molar-refractivity contribution in [3.05, 3.63) is 59.7 Å². The molecule has 0 radical (unpaired) electrons. The van der Waals surface area contributed by atoms with Crippen LogP contribution in [0.4, 0.5) is 5.69 Å². The van der Waals surface area contributed by atoms with E-state index in [1.165, 1.54) is 5.56 Å². The van der Waals surface area contributed by atoms with Crippen molar-refractivity contribution in [1.29, 1.82) is 0 Å². The first-order valence-corrected chi connectivity index (χ1v) is 8.74. The van der Waals surface area contributed by atoms with Gasteiger partial charge in [-0.15, -0.1) is 0 Å². The second-order valence-electron chi connectivity index (χ2n) is 6.34. The van der Waals surface area contributed by atoms with Crippen molar-refractivity contribution in [3.63, 3.8) is 0 Å². The van der Waals surface area contributed by atoms with E-state index in [-0.39, 0.29) is 18.0 Å². The normalized spacial score (nSPS) is 10.5. The van der Waals surface area contributed by atoms with Crippen LogP contribution in [0.1, 0.15) is 42.6 Å². The molecule has 0 aliphatic carbocycles. The Labute approximate surface area is 154 Å². The van der Waals surface area contributed by atoms with Crippen molar-refractivity contribution < 1.29 is 19.1 Å². The van der Waals surface area contributed by atoms with Gasteiger partial charge in [-0.05, 0) is 63.6 Å². The minimum Gasteiger partial charge on any atom is -0.494 e. The zero-order valence-corrected chi connectivity index (χ0v) is 15.5. The van der Waals surface area contributed by atoms with Gasteiger partial charge in [-0.1, -0.05) is 17.7 Å². The average molecular weight is 355 g/mol. The first kappa shape index (κ1) is 19.5. The van der Waals surface area contributed by atoms with Crippen LogP contribution in [-0.4, -0.2) is 24.6 Å². The standard InChI is InChI=1S/C21H25NO4/c1-15(2)26-21(24)17-8-10-18(11-9-17)22-20(23)5-4-14-25-19-12-6-16(3)7-13-19/h6-13,15H,4-5,14H2,1-3H3,(H,22,23). The van der Waals surface area contributed by atoms with Crippen LogP contribution in [0.5, 0.6) is 5.75 Å². The van der Waals surface area contributed by atoms with Crippen LogP contribution in [0.3, 0.4) is 0 Å². The Morgan fingerprint density at radius 3 is 2.27 bits per heavy atom. The minimum absolute atomic E-state index is 0.0880. The Hall–Kier alpha value is -2.82. The Bertz CT molecular complexity index is 721. The lowest BCUT2D eigenvalue weighted by molar-refractivity contribution is -0.116. The number of esters is 1. The van der Waals surface area contributed by atoms with Crippen molar-refractivity contribution in [2.75, 3.05) is 11.9 Å². The number of carbonyl (C=O) groups excluding carboxylic acids is 2. The Morgan fingerprint density at radius 1 is 1.00 bits per heavy atom. The maximum absolute atomic E-state index is 12.0. The molecule has 0 unspecified atom stereocenters. The number of rotatable bonds is 8. The van der Waals surface area contributed by atoms with E-state index < -0.39 is 0 Å². The molecule has 5 heteroatoms. The highest BCUT2D eigenvalue weighted by atomic mass is 16.5. The molecule has 2 aromatic rings. The number of benzene rings is 2.